The van der Waals surface area contributed by atoms with Crippen LogP contribution in [0, 0.1) is 19.8 Å². The van der Waals surface area contributed by atoms with Crippen LogP contribution in [0.3, 0.4) is 0 Å². The lowest BCUT2D eigenvalue weighted by atomic mass is 10.1. The monoisotopic (exact) mass is 465 g/mol. The second-order valence-electron chi connectivity index (χ2n) is 6.56. The Balaban J connectivity index is 1.55. The SMILES string of the molecule is Cc1nn(CC(C)C(=O)Nc2cnn(COc3cccc(Cl)c3)c2)c(C)c1Br. The number of aryl methyl sites for hydroxylation is 1. The van der Waals surface area contributed by atoms with Crippen LogP contribution in [0.5, 0.6) is 5.75 Å². The van der Waals surface area contributed by atoms with Crippen molar-refractivity contribution in [2.45, 2.75) is 34.0 Å². The quantitative estimate of drug-likeness (QED) is 0.559. The topological polar surface area (TPSA) is 74.0 Å². The third kappa shape index (κ3) is 4.94. The van der Waals surface area contributed by atoms with E-state index in [0.29, 0.717) is 23.0 Å². The molecule has 1 aromatic carbocycles. The van der Waals surface area contributed by atoms with Crippen LogP contribution in [0.15, 0.2) is 41.1 Å². The lowest BCUT2D eigenvalue weighted by molar-refractivity contribution is -0.119. The van der Waals surface area contributed by atoms with Crippen LogP contribution in [0.25, 0.3) is 0 Å². The first-order valence-electron chi connectivity index (χ1n) is 8.74. The van der Waals surface area contributed by atoms with Gasteiger partial charge in [-0.1, -0.05) is 24.6 Å². The molecule has 3 aromatic rings. The second kappa shape index (κ2) is 8.79. The van der Waals surface area contributed by atoms with Crippen LogP contribution in [-0.2, 0) is 18.1 Å². The molecule has 148 valence electrons. The molecule has 1 atom stereocenters. The van der Waals surface area contributed by atoms with Crippen LogP contribution in [0.4, 0.5) is 5.69 Å². The molecule has 2 aromatic heterocycles. The van der Waals surface area contributed by atoms with Crippen molar-refractivity contribution in [3.8, 4) is 5.75 Å². The van der Waals surface area contributed by atoms with E-state index in [-0.39, 0.29) is 18.6 Å². The van der Waals surface area contributed by atoms with Gasteiger partial charge in [0.25, 0.3) is 0 Å². The van der Waals surface area contributed by atoms with E-state index < -0.39 is 0 Å². The fraction of sp³-hybridized carbons (Fsp3) is 0.316. The van der Waals surface area contributed by atoms with Crippen molar-refractivity contribution in [3.05, 3.63) is 57.5 Å². The first-order chi connectivity index (χ1) is 13.3. The van der Waals surface area contributed by atoms with Gasteiger partial charge in [0.1, 0.15) is 5.75 Å². The average Bonchev–Trinajstić information content (AvgIpc) is 3.20. The van der Waals surface area contributed by atoms with Gasteiger partial charge in [-0.25, -0.2) is 4.68 Å². The number of ether oxygens (including phenoxy) is 1. The maximum Gasteiger partial charge on any atom is 0.229 e. The van der Waals surface area contributed by atoms with Crippen molar-refractivity contribution in [1.82, 2.24) is 19.6 Å². The number of benzene rings is 1. The predicted octanol–water partition coefficient (Wildman–Crippen LogP) is 4.42. The molecular formula is C19H21BrClN5O2. The Kier molecular flexibility index (Phi) is 6.41. The van der Waals surface area contributed by atoms with Gasteiger partial charge in [0.2, 0.25) is 5.91 Å². The van der Waals surface area contributed by atoms with Crippen molar-refractivity contribution >= 4 is 39.1 Å². The first kappa shape index (κ1) is 20.4. The highest BCUT2D eigenvalue weighted by Gasteiger charge is 2.18. The fourth-order valence-electron chi connectivity index (χ4n) is 2.66. The van der Waals surface area contributed by atoms with Gasteiger partial charge in [0.05, 0.1) is 40.7 Å². The maximum absolute atomic E-state index is 12.5. The van der Waals surface area contributed by atoms with E-state index in [4.69, 9.17) is 16.3 Å². The highest BCUT2D eigenvalue weighted by molar-refractivity contribution is 9.10. The number of aromatic nitrogens is 4. The van der Waals surface area contributed by atoms with E-state index >= 15 is 0 Å². The van der Waals surface area contributed by atoms with Gasteiger partial charge in [-0.3, -0.25) is 9.48 Å². The molecule has 1 amide bonds. The molecule has 0 aliphatic carbocycles. The summed E-state index contributed by atoms with van der Waals surface area (Å²) < 4.78 is 10.0. The summed E-state index contributed by atoms with van der Waals surface area (Å²) in [5, 5.41) is 12.1. The number of halogens is 2. The Morgan fingerprint density at radius 1 is 1.39 bits per heavy atom. The van der Waals surface area contributed by atoms with Gasteiger partial charge >= 0.3 is 0 Å². The molecule has 0 aliphatic heterocycles. The minimum atomic E-state index is -0.254. The third-order valence-corrected chi connectivity index (χ3v) is 5.63. The molecular weight excluding hydrogens is 446 g/mol. The molecule has 2 heterocycles. The van der Waals surface area contributed by atoms with Crippen molar-refractivity contribution in [1.29, 1.82) is 0 Å². The van der Waals surface area contributed by atoms with Gasteiger partial charge in [-0.05, 0) is 48.0 Å². The number of anilines is 1. The molecule has 0 spiro atoms. The van der Waals surface area contributed by atoms with Crippen LogP contribution in [0.2, 0.25) is 5.02 Å². The Morgan fingerprint density at radius 2 is 2.18 bits per heavy atom. The molecule has 0 saturated heterocycles. The van der Waals surface area contributed by atoms with Crippen LogP contribution in [0.1, 0.15) is 18.3 Å². The molecule has 9 heteroatoms. The molecule has 28 heavy (non-hydrogen) atoms. The Hall–Kier alpha value is -2.32. The summed E-state index contributed by atoms with van der Waals surface area (Å²) >= 11 is 9.44. The fourth-order valence-corrected chi connectivity index (χ4v) is 3.12. The molecule has 3 rings (SSSR count). The van der Waals surface area contributed by atoms with E-state index in [0.717, 1.165) is 15.9 Å². The molecule has 1 N–H and O–H groups in total. The van der Waals surface area contributed by atoms with E-state index in [9.17, 15) is 4.79 Å². The van der Waals surface area contributed by atoms with Crippen LogP contribution >= 0.6 is 27.5 Å². The molecule has 0 bridgehead atoms. The Morgan fingerprint density at radius 3 is 2.86 bits per heavy atom. The smallest absolute Gasteiger partial charge is 0.229 e. The number of nitrogens with zero attached hydrogens (tertiary/aromatic N) is 4. The lowest BCUT2D eigenvalue weighted by Crippen LogP contribution is -2.25. The number of carbonyl (C=O) groups excluding carboxylic acids is 1. The molecule has 0 radical (unpaired) electrons. The van der Waals surface area contributed by atoms with E-state index in [1.165, 1.54) is 0 Å². The largest absolute Gasteiger partial charge is 0.471 e. The van der Waals surface area contributed by atoms with Crippen molar-refractivity contribution < 1.29 is 9.53 Å². The van der Waals surface area contributed by atoms with Crippen LogP contribution < -0.4 is 10.1 Å². The molecule has 7 nitrogen and oxygen atoms in total. The minimum Gasteiger partial charge on any atom is -0.471 e. The van der Waals surface area contributed by atoms with E-state index in [2.05, 4.69) is 31.4 Å². The molecule has 0 fully saturated rings. The summed E-state index contributed by atoms with van der Waals surface area (Å²) in [6.45, 7) is 6.48. The van der Waals surface area contributed by atoms with E-state index in [1.807, 2.05) is 37.6 Å². The maximum atomic E-state index is 12.5. The lowest BCUT2D eigenvalue weighted by Gasteiger charge is -2.12. The Bertz CT molecular complexity index is 985. The normalized spacial score (nSPS) is 12.0. The number of amides is 1. The van der Waals surface area contributed by atoms with Gasteiger partial charge in [-0.15, -0.1) is 0 Å². The first-order valence-corrected chi connectivity index (χ1v) is 9.91. The van der Waals surface area contributed by atoms with Crippen molar-refractivity contribution in [2.75, 3.05) is 5.32 Å². The Labute approximate surface area is 176 Å². The summed E-state index contributed by atoms with van der Waals surface area (Å²) in [5.74, 6) is 0.299. The zero-order valence-electron chi connectivity index (χ0n) is 15.8. The predicted molar refractivity (Wildman–Crippen MR) is 112 cm³/mol. The minimum absolute atomic E-state index is 0.0982. The van der Waals surface area contributed by atoms with Crippen molar-refractivity contribution in [3.63, 3.8) is 0 Å². The summed E-state index contributed by atoms with van der Waals surface area (Å²) in [6, 6.07) is 7.14. The van der Waals surface area contributed by atoms with E-state index in [1.54, 1.807) is 29.2 Å². The summed E-state index contributed by atoms with van der Waals surface area (Å²) in [6.07, 6.45) is 3.31. The highest BCUT2D eigenvalue weighted by atomic mass is 79.9. The molecule has 0 aliphatic rings. The van der Waals surface area contributed by atoms with Gasteiger partial charge in [-0.2, -0.15) is 10.2 Å². The zero-order valence-corrected chi connectivity index (χ0v) is 18.2. The second-order valence-corrected chi connectivity index (χ2v) is 7.79. The van der Waals surface area contributed by atoms with Gasteiger partial charge in [0.15, 0.2) is 6.73 Å². The summed E-state index contributed by atoms with van der Waals surface area (Å²) in [7, 11) is 0. The van der Waals surface area contributed by atoms with Gasteiger partial charge in [0, 0.05) is 10.7 Å². The standard InChI is InChI=1S/C19H21BrClN5O2/c1-12(9-26-14(3)18(20)13(2)24-26)19(27)23-16-8-22-25(10-16)11-28-17-6-4-5-15(21)7-17/h4-8,10,12H,9,11H2,1-3H3,(H,23,27). The average molecular weight is 467 g/mol. The van der Waals surface area contributed by atoms with Crippen molar-refractivity contribution in [2.24, 2.45) is 5.92 Å². The summed E-state index contributed by atoms with van der Waals surface area (Å²) in [5.41, 5.74) is 2.52. The number of nitrogens with one attached hydrogen (secondary N) is 1. The number of hydrogen-bond acceptors (Lipinski definition) is 4. The van der Waals surface area contributed by atoms with Gasteiger partial charge < -0.3 is 10.1 Å². The van der Waals surface area contributed by atoms with Crippen LogP contribution in [-0.4, -0.2) is 25.5 Å². The number of carbonyl (C=O) groups is 1. The molecule has 1 unspecified atom stereocenters. The molecule has 0 saturated carbocycles. The summed E-state index contributed by atoms with van der Waals surface area (Å²) in [4.78, 5) is 12.5. The number of rotatable bonds is 7. The number of hydrogen-bond donors (Lipinski definition) is 1. The third-order valence-electron chi connectivity index (χ3n) is 4.25. The highest BCUT2D eigenvalue weighted by Crippen LogP contribution is 2.21. The zero-order chi connectivity index (χ0) is 20.3.